The van der Waals surface area contributed by atoms with Gasteiger partial charge in [0.05, 0.1) is 52.1 Å². The molecule has 1 saturated heterocycles. The van der Waals surface area contributed by atoms with E-state index in [0.29, 0.717) is 30.6 Å². The first-order valence-electron chi connectivity index (χ1n) is 13.9. The predicted molar refractivity (Wildman–Crippen MR) is 162 cm³/mol. The van der Waals surface area contributed by atoms with E-state index in [1.165, 1.54) is 0 Å². The number of likely N-dealkylation sites (N-methyl/N-ethyl adjacent to an activating group) is 1. The van der Waals surface area contributed by atoms with E-state index in [1.54, 1.807) is 36.7 Å². The van der Waals surface area contributed by atoms with Gasteiger partial charge in [0.15, 0.2) is 0 Å². The quantitative estimate of drug-likeness (QED) is 0.232. The normalized spacial score (nSPS) is 14.8. The summed E-state index contributed by atoms with van der Waals surface area (Å²) in [5.41, 5.74) is 3.55. The van der Waals surface area contributed by atoms with Crippen LogP contribution in [0.1, 0.15) is 47.7 Å². The third kappa shape index (κ3) is 6.80. The first kappa shape index (κ1) is 29.3. The second-order valence-corrected chi connectivity index (χ2v) is 10.8. The minimum atomic E-state index is -0.962. The van der Waals surface area contributed by atoms with Gasteiger partial charge >= 0.3 is 5.97 Å². The highest BCUT2D eigenvalue weighted by atomic mass is 35.5. The molecule has 1 aliphatic heterocycles. The number of benzene rings is 1. The van der Waals surface area contributed by atoms with Crippen LogP contribution in [0.15, 0.2) is 65.7 Å². The maximum Gasteiger partial charge on any atom is 0.335 e. The van der Waals surface area contributed by atoms with Crippen molar-refractivity contribution in [2.24, 2.45) is 4.99 Å². The number of nitrogens with zero attached hydrogens (tertiary/aromatic N) is 8. The monoisotopic (exact) mass is 590 g/mol. The van der Waals surface area contributed by atoms with Crippen LogP contribution in [-0.2, 0) is 19.7 Å². The van der Waals surface area contributed by atoms with Gasteiger partial charge in [0.1, 0.15) is 12.4 Å². The summed E-state index contributed by atoms with van der Waals surface area (Å²) in [4.78, 5) is 29.4. The lowest BCUT2D eigenvalue weighted by atomic mass is 10.1. The summed E-state index contributed by atoms with van der Waals surface area (Å²) in [6, 6.07) is 10.9. The molecule has 0 amide bonds. The van der Waals surface area contributed by atoms with Gasteiger partial charge < -0.3 is 19.3 Å². The molecule has 0 unspecified atom stereocenters. The number of fused-ring (bicyclic) bond motifs is 1. The van der Waals surface area contributed by atoms with Crippen molar-refractivity contribution < 1.29 is 14.6 Å². The third-order valence-electron chi connectivity index (χ3n) is 7.64. The van der Waals surface area contributed by atoms with E-state index < -0.39 is 5.97 Å². The Morgan fingerprint density at radius 3 is 2.76 bits per heavy atom. The van der Waals surface area contributed by atoms with E-state index in [4.69, 9.17) is 21.3 Å². The molecule has 11 nitrogen and oxygen atoms in total. The van der Waals surface area contributed by atoms with Crippen LogP contribution in [-0.4, -0.2) is 78.6 Å². The molecule has 0 atom stereocenters. The molecular formula is C30H35ClN8O3. The van der Waals surface area contributed by atoms with Crippen molar-refractivity contribution in [3.05, 3.63) is 82.8 Å². The molecule has 3 aromatic heterocycles. The topological polar surface area (TPSA) is 114 Å². The molecule has 0 saturated carbocycles. The number of aliphatic imine (C=N–C) groups is 1. The Labute approximate surface area is 249 Å². The Kier molecular flexibility index (Phi) is 9.19. The third-order valence-corrected chi connectivity index (χ3v) is 7.86. The number of aromatic carboxylic acids is 1. The number of hydrogen-bond acceptors (Lipinski definition) is 8. The van der Waals surface area contributed by atoms with Gasteiger partial charge in [-0.3, -0.25) is 19.6 Å². The Morgan fingerprint density at radius 1 is 1.26 bits per heavy atom. The SMILES string of the molecule is C=N/C=C(/Cn1c(CN2CCC(n3ccc(OCc4ccc(Cl)cn4)n3)CC2)nc2ccc(C(=O)O)cc21)N(C)CC. The van der Waals surface area contributed by atoms with Gasteiger partial charge in [-0.25, -0.2) is 9.78 Å². The number of pyridine rings is 1. The number of carboxylic acid groups (broad SMARTS) is 1. The fourth-order valence-electron chi connectivity index (χ4n) is 5.12. The molecule has 220 valence electrons. The molecule has 0 bridgehead atoms. The summed E-state index contributed by atoms with van der Waals surface area (Å²) in [5.74, 6) is 0.492. The fraction of sp³-hybridized carbons (Fsp3) is 0.367. The van der Waals surface area contributed by atoms with Crippen LogP contribution < -0.4 is 4.74 Å². The number of carboxylic acids is 1. The fourth-order valence-corrected chi connectivity index (χ4v) is 5.23. The lowest BCUT2D eigenvalue weighted by Crippen LogP contribution is -2.35. The van der Waals surface area contributed by atoms with E-state index in [0.717, 1.165) is 60.7 Å². The van der Waals surface area contributed by atoms with Crippen LogP contribution in [0.4, 0.5) is 0 Å². The van der Waals surface area contributed by atoms with Crippen molar-refractivity contribution in [1.82, 2.24) is 34.1 Å². The summed E-state index contributed by atoms with van der Waals surface area (Å²) < 4.78 is 9.92. The highest BCUT2D eigenvalue weighted by Crippen LogP contribution is 2.27. The largest absolute Gasteiger partial charge is 0.478 e. The Bertz CT molecular complexity index is 1570. The van der Waals surface area contributed by atoms with Gasteiger partial charge in [-0.2, -0.15) is 0 Å². The Balaban J connectivity index is 1.27. The van der Waals surface area contributed by atoms with Gasteiger partial charge in [0, 0.05) is 51.3 Å². The van der Waals surface area contributed by atoms with E-state index in [2.05, 4.69) is 43.1 Å². The van der Waals surface area contributed by atoms with E-state index >= 15 is 0 Å². The summed E-state index contributed by atoms with van der Waals surface area (Å²) in [6.07, 6.45) is 7.20. The second-order valence-electron chi connectivity index (χ2n) is 10.3. The van der Waals surface area contributed by atoms with Gasteiger partial charge in [0.2, 0.25) is 5.88 Å². The molecule has 0 aliphatic carbocycles. The Morgan fingerprint density at radius 2 is 2.07 bits per heavy atom. The van der Waals surface area contributed by atoms with E-state index in [9.17, 15) is 9.90 Å². The zero-order chi connectivity index (χ0) is 29.6. The number of aromatic nitrogens is 5. The molecule has 42 heavy (non-hydrogen) atoms. The highest BCUT2D eigenvalue weighted by molar-refractivity contribution is 6.30. The van der Waals surface area contributed by atoms with Crippen LogP contribution in [0, 0.1) is 0 Å². The van der Waals surface area contributed by atoms with E-state index in [-0.39, 0.29) is 11.6 Å². The minimum absolute atomic E-state index is 0.235. The first-order valence-corrected chi connectivity index (χ1v) is 14.3. The zero-order valence-electron chi connectivity index (χ0n) is 23.9. The second kappa shape index (κ2) is 13.2. The molecule has 12 heteroatoms. The van der Waals surface area contributed by atoms with Gasteiger partial charge in [-0.1, -0.05) is 11.6 Å². The molecule has 1 fully saturated rings. The summed E-state index contributed by atoms with van der Waals surface area (Å²) in [6.45, 7) is 9.76. The number of rotatable bonds is 12. The average molecular weight is 591 g/mol. The molecule has 0 spiro atoms. The van der Waals surface area contributed by atoms with Gasteiger partial charge in [0.25, 0.3) is 0 Å². The minimum Gasteiger partial charge on any atom is -0.478 e. The number of hydrogen-bond donors (Lipinski definition) is 1. The highest BCUT2D eigenvalue weighted by Gasteiger charge is 2.24. The van der Waals surface area contributed by atoms with Crippen LogP contribution in [0.5, 0.6) is 5.88 Å². The van der Waals surface area contributed by atoms with Crippen molar-refractivity contribution in [3.63, 3.8) is 0 Å². The molecule has 1 aliphatic rings. The molecular weight excluding hydrogens is 556 g/mol. The average Bonchev–Trinajstić information content (AvgIpc) is 3.61. The number of piperidine rings is 1. The van der Waals surface area contributed by atoms with Crippen LogP contribution in [0.2, 0.25) is 5.02 Å². The smallest absolute Gasteiger partial charge is 0.335 e. The van der Waals surface area contributed by atoms with Crippen LogP contribution in [0.3, 0.4) is 0 Å². The maximum absolute atomic E-state index is 11.7. The van der Waals surface area contributed by atoms with Crippen molar-refractivity contribution in [2.45, 2.75) is 45.5 Å². The number of imidazole rings is 1. The lowest BCUT2D eigenvalue weighted by Gasteiger charge is -2.32. The molecule has 4 aromatic rings. The molecule has 1 aromatic carbocycles. The van der Waals surface area contributed by atoms with Gasteiger partial charge in [-0.15, -0.1) is 5.10 Å². The van der Waals surface area contributed by atoms with E-state index in [1.807, 2.05) is 30.1 Å². The summed E-state index contributed by atoms with van der Waals surface area (Å²) in [5, 5.41) is 14.8. The van der Waals surface area contributed by atoms with Crippen molar-refractivity contribution >= 4 is 35.3 Å². The maximum atomic E-state index is 11.7. The molecule has 1 N–H and O–H groups in total. The zero-order valence-corrected chi connectivity index (χ0v) is 24.6. The Hall–Kier alpha value is -4.22. The van der Waals surface area contributed by atoms with Crippen LogP contribution >= 0.6 is 11.6 Å². The van der Waals surface area contributed by atoms with Crippen molar-refractivity contribution in [2.75, 3.05) is 26.7 Å². The van der Waals surface area contributed by atoms with Crippen LogP contribution in [0.25, 0.3) is 11.0 Å². The summed E-state index contributed by atoms with van der Waals surface area (Å²) >= 11 is 5.91. The van der Waals surface area contributed by atoms with Crippen molar-refractivity contribution in [1.29, 1.82) is 0 Å². The van der Waals surface area contributed by atoms with Gasteiger partial charge in [-0.05, 0) is 56.8 Å². The number of halogens is 1. The standard InChI is InChI=1S/C30H35ClN8O3/c1-4-36(3)25(17-32-2)18-38-27-15-21(30(40)41)5-8-26(27)34-28(38)19-37-12-9-24(10-13-37)39-14-11-29(35-39)42-20-23-7-6-22(31)16-33-23/h5-8,11,14-17,24H,2,4,9-10,12-13,18-20H2,1,3H3,(H,40,41)/b25-17-. The molecule has 0 radical (unpaired) electrons. The lowest BCUT2D eigenvalue weighted by molar-refractivity contribution is 0.0697. The predicted octanol–water partition coefficient (Wildman–Crippen LogP) is 4.89. The molecule has 5 rings (SSSR count). The number of carbonyl (C=O) groups is 1. The number of allylic oxidation sites excluding steroid dienone is 1. The number of likely N-dealkylation sites (tertiary alicyclic amines) is 1. The first-order chi connectivity index (χ1) is 20.3. The van der Waals surface area contributed by atoms with Crippen molar-refractivity contribution in [3.8, 4) is 5.88 Å². The number of ether oxygens (including phenoxy) is 1. The molecule has 4 heterocycles. The summed E-state index contributed by atoms with van der Waals surface area (Å²) in [7, 11) is 2.00.